The first-order valence-electron chi connectivity index (χ1n) is 10.4. The summed E-state index contributed by atoms with van der Waals surface area (Å²) in [4.78, 5) is 24.5. The van der Waals surface area contributed by atoms with Gasteiger partial charge in [-0.05, 0) is 50.2 Å². The van der Waals surface area contributed by atoms with Gasteiger partial charge in [0.2, 0.25) is 12.1 Å². The van der Waals surface area contributed by atoms with Crippen LogP contribution in [0.15, 0.2) is 30.3 Å². The Labute approximate surface area is 165 Å². The molecule has 0 radical (unpaired) electrons. The minimum atomic E-state index is -0.827. The van der Waals surface area contributed by atoms with Gasteiger partial charge in [0.05, 0.1) is 5.56 Å². The van der Waals surface area contributed by atoms with Crippen molar-refractivity contribution in [3.63, 3.8) is 0 Å². The molecule has 6 heteroatoms. The molecule has 8 atom stereocenters. The van der Waals surface area contributed by atoms with E-state index in [1.54, 1.807) is 12.1 Å². The molecule has 1 aromatic carbocycles. The van der Waals surface area contributed by atoms with Crippen molar-refractivity contribution in [1.29, 1.82) is 0 Å². The molecule has 1 aromatic rings. The fourth-order valence-corrected chi connectivity index (χ4v) is 5.75. The van der Waals surface area contributed by atoms with Crippen LogP contribution in [0.3, 0.4) is 0 Å². The van der Waals surface area contributed by atoms with E-state index in [2.05, 4.69) is 13.8 Å². The number of carbonyl (C=O) groups is 1. The highest BCUT2D eigenvalue weighted by molar-refractivity contribution is 5.89. The van der Waals surface area contributed by atoms with Crippen LogP contribution >= 0.6 is 0 Å². The molecule has 2 bridgehead atoms. The van der Waals surface area contributed by atoms with Crippen molar-refractivity contribution in [2.24, 2.45) is 23.7 Å². The number of ether oxygens (including phenoxy) is 3. The number of rotatable bonds is 2. The summed E-state index contributed by atoms with van der Waals surface area (Å²) in [5.41, 5.74) is -0.119. The van der Waals surface area contributed by atoms with Gasteiger partial charge in [0.25, 0.3) is 0 Å². The first-order valence-corrected chi connectivity index (χ1v) is 10.4. The number of carbonyl (C=O) groups excluding carboxylic acids is 1. The highest BCUT2D eigenvalue weighted by atomic mass is 17.3. The topological polar surface area (TPSA) is 63.2 Å². The summed E-state index contributed by atoms with van der Waals surface area (Å²) in [5.74, 6) is -0.278. The van der Waals surface area contributed by atoms with E-state index >= 15 is 0 Å². The summed E-state index contributed by atoms with van der Waals surface area (Å²) in [6.07, 6.45) is 2.56. The molecule has 4 saturated heterocycles. The zero-order valence-corrected chi connectivity index (χ0v) is 16.6. The lowest BCUT2D eigenvalue weighted by Gasteiger charge is -2.59. The molecule has 28 heavy (non-hydrogen) atoms. The van der Waals surface area contributed by atoms with E-state index in [1.807, 2.05) is 25.1 Å². The third-order valence-corrected chi connectivity index (χ3v) is 7.33. The third-order valence-electron chi connectivity index (χ3n) is 7.33. The summed E-state index contributed by atoms with van der Waals surface area (Å²) in [5, 5.41) is 0. The van der Waals surface area contributed by atoms with Crippen LogP contribution in [0.5, 0.6) is 0 Å². The average molecular weight is 388 g/mol. The van der Waals surface area contributed by atoms with E-state index in [0.29, 0.717) is 17.4 Å². The summed E-state index contributed by atoms with van der Waals surface area (Å²) >= 11 is 0. The molecular formula is C22H28O6. The molecule has 6 nitrogen and oxygen atoms in total. The molecule has 5 fully saturated rings. The lowest BCUT2D eigenvalue weighted by atomic mass is 9.58. The molecule has 4 aliphatic heterocycles. The summed E-state index contributed by atoms with van der Waals surface area (Å²) in [6.45, 7) is 6.25. The van der Waals surface area contributed by atoms with Gasteiger partial charge >= 0.3 is 5.97 Å². The van der Waals surface area contributed by atoms with Gasteiger partial charge < -0.3 is 14.2 Å². The van der Waals surface area contributed by atoms with Crippen molar-refractivity contribution in [3.8, 4) is 0 Å². The predicted molar refractivity (Wildman–Crippen MR) is 98.7 cm³/mol. The molecule has 0 amide bonds. The van der Waals surface area contributed by atoms with E-state index in [4.69, 9.17) is 24.0 Å². The standard InChI is InChI=1S/C22H28O6/c1-13-9-10-17-14(2)19(24-18(23)15-7-5-4-6-8-15)25-20-22(17)16(13)11-12-21(3,26-20)27-28-22/h4-8,13-14,16-17,19-20H,9-12H2,1-3H3/t13-,14-,16+,17?,19-,20-,21-,22-/m1/s1. The van der Waals surface area contributed by atoms with E-state index < -0.39 is 24.0 Å². The van der Waals surface area contributed by atoms with Crippen molar-refractivity contribution < 1.29 is 28.8 Å². The summed E-state index contributed by atoms with van der Waals surface area (Å²) in [7, 11) is 0. The van der Waals surface area contributed by atoms with Gasteiger partial charge in [-0.3, -0.25) is 0 Å². The lowest BCUT2D eigenvalue weighted by molar-refractivity contribution is -0.576. The molecule has 152 valence electrons. The van der Waals surface area contributed by atoms with Gasteiger partial charge in [0.15, 0.2) is 11.9 Å². The van der Waals surface area contributed by atoms with Crippen molar-refractivity contribution in [1.82, 2.24) is 0 Å². The van der Waals surface area contributed by atoms with Gasteiger partial charge in [-0.25, -0.2) is 14.6 Å². The molecule has 6 rings (SSSR count). The molecule has 1 aliphatic carbocycles. The molecule has 0 N–H and O–H groups in total. The number of hydrogen-bond acceptors (Lipinski definition) is 6. The van der Waals surface area contributed by atoms with Gasteiger partial charge in [-0.2, -0.15) is 0 Å². The normalized spacial score (nSPS) is 47.1. The highest BCUT2D eigenvalue weighted by Crippen LogP contribution is 2.60. The van der Waals surface area contributed by atoms with Gasteiger partial charge in [-0.15, -0.1) is 0 Å². The van der Waals surface area contributed by atoms with Crippen LogP contribution in [-0.4, -0.2) is 29.9 Å². The second-order valence-electron chi connectivity index (χ2n) is 9.05. The van der Waals surface area contributed by atoms with E-state index in [0.717, 1.165) is 25.7 Å². The Bertz CT molecular complexity index is 753. The fraction of sp³-hybridized carbons (Fsp3) is 0.682. The van der Waals surface area contributed by atoms with Crippen LogP contribution in [0.25, 0.3) is 0 Å². The maximum Gasteiger partial charge on any atom is 0.340 e. The van der Waals surface area contributed by atoms with E-state index in [-0.39, 0.29) is 17.8 Å². The van der Waals surface area contributed by atoms with Crippen LogP contribution in [0, 0.1) is 23.7 Å². The largest absolute Gasteiger partial charge is 0.432 e. The maximum atomic E-state index is 12.6. The van der Waals surface area contributed by atoms with Crippen molar-refractivity contribution >= 4 is 5.97 Å². The summed E-state index contributed by atoms with van der Waals surface area (Å²) in [6, 6.07) is 9.01. The van der Waals surface area contributed by atoms with Crippen molar-refractivity contribution in [2.45, 2.75) is 70.4 Å². The molecular weight excluding hydrogens is 360 g/mol. The molecule has 5 aliphatic rings. The zero-order chi connectivity index (χ0) is 19.5. The van der Waals surface area contributed by atoms with Crippen LogP contribution in [0.1, 0.15) is 56.8 Å². The first-order chi connectivity index (χ1) is 13.4. The minimum Gasteiger partial charge on any atom is -0.432 e. The van der Waals surface area contributed by atoms with Crippen LogP contribution in [0.2, 0.25) is 0 Å². The molecule has 0 aromatic heterocycles. The van der Waals surface area contributed by atoms with Gasteiger partial charge in [0.1, 0.15) is 0 Å². The second-order valence-corrected chi connectivity index (χ2v) is 9.05. The molecule has 1 unspecified atom stereocenters. The summed E-state index contributed by atoms with van der Waals surface area (Å²) < 4.78 is 18.4. The number of fused-ring (bicyclic) bond motifs is 2. The fourth-order valence-electron chi connectivity index (χ4n) is 5.75. The Hall–Kier alpha value is -1.47. The van der Waals surface area contributed by atoms with Crippen molar-refractivity contribution in [2.75, 3.05) is 0 Å². The van der Waals surface area contributed by atoms with Crippen LogP contribution < -0.4 is 0 Å². The second kappa shape index (κ2) is 6.52. The van der Waals surface area contributed by atoms with E-state index in [9.17, 15) is 4.79 Å². The SMILES string of the molecule is C[C@@H]1CCC2[C@@H](C)[C@H](OC(=O)c3ccccc3)O[C@@H]3O[C@@]4(C)CC[C@@H]1[C@@]23OO4. The predicted octanol–water partition coefficient (Wildman–Crippen LogP) is 4.05. The quantitative estimate of drug-likeness (QED) is 0.563. The molecule has 1 spiro atoms. The van der Waals surface area contributed by atoms with Crippen LogP contribution in [0.4, 0.5) is 0 Å². The smallest absolute Gasteiger partial charge is 0.340 e. The van der Waals surface area contributed by atoms with Gasteiger partial charge in [-0.1, -0.05) is 32.0 Å². The van der Waals surface area contributed by atoms with Crippen molar-refractivity contribution in [3.05, 3.63) is 35.9 Å². The first kappa shape index (κ1) is 18.6. The maximum absolute atomic E-state index is 12.6. The number of esters is 1. The van der Waals surface area contributed by atoms with Gasteiger partial charge in [0, 0.05) is 18.3 Å². The molecule has 4 heterocycles. The Balaban J connectivity index is 1.46. The minimum absolute atomic E-state index is 0.0198. The Kier molecular flexibility index (Phi) is 4.32. The third kappa shape index (κ3) is 2.65. The molecule has 1 saturated carbocycles. The Morgan fingerprint density at radius 3 is 2.64 bits per heavy atom. The number of benzene rings is 1. The van der Waals surface area contributed by atoms with Crippen LogP contribution in [-0.2, 0) is 24.0 Å². The highest BCUT2D eigenvalue weighted by Gasteiger charge is 2.69. The zero-order valence-electron chi connectivity index (χ0n) is 16.6. The Morgan fingerprint density at radius 1 is 1.07 bits per heavy atom. The monoisotopic (exact) mass is 388 g/mol. The average Bonchev–Trinajstić information content (AvgIpc) is 2.92. The van der Waals surface area contributed by atoms with E-state index in [1.165, 1.54) is 0 Å². The lowest BCUT2D eigenvalue weighted by Crippen LogP contribution is -2.70. The number of hydrogen-bond donors (Lipinski definition) is 0. The Morgan fingerprint density at radius 2 is 1.86 bits per heavy atom.